The first-order chi connectivity index (χ1) is 17.0. The van der Waals surface area contributed by atoms with Crippen molar-refractivity contribution in [1.29, 1.82) is 0 Å². The Labute approximate surface area is 200 Å². The summed E-state index contributed by atoms with van der Waals surface area (Å²) in [5.74, 6) is 0.0768. The van der Waals surface area contributed by atoms with E-state index < -0.39 is 30.4 Å². The van der Waals surface area contributed by atoms with E-state index in [0.717, 1.165) is 5.56 Å². The standard InChI is InChI=1S/C24H24N6O5/c1-25-23(34)19-17(32)18(33)24(35-19)30-12-27-16-21(26-11-13-7-3-2-4-8-13)28-20(29-22(16)30)14-9-5-6-10-15(14)31/h2-10,12,17-19,24,31-33H,11H2,1H3,(H,25,34)(H,26,28,29)/t17?,18?,19-,24?/m1/s1. The summed E-state index contributed by atoms with van der Waals surface area (Å²) in [5.41, 5.74) is 2.12. The number of aliphatic hydroxyl groups is 2. The Bertz CT molecular complexity index is 1360. The molecule has 11 heteroatoms. The molecule has 1 aliphatic heterocycles. The lowest BCUT2D eigenvalue weighted by atomic mass is 10.1. The van der Waals surface area contributed by atoms with E-state index in [1.165, 1.54) is 24.0 Å². The van der Waals surface area contributed by atoms with Crippen molar-refractivity contribution < 1.29 is 24.9 Å². The molecule has 2 aromatic heterocycles. The van der Waals surface area contributed by atoms with Gasteiger partial charge in [0, 0.05) is 13.6 Å². The Kier molecular flexibility index (Phi) is 6.03. The number of amides is 1. The van der Waals surface area contributed by atoms with Crippen LogP contribution in [0.4, 0.5) is 5.82 Å². The first kappa shape index (κ1) is 22.7. The molecule has 0 bridgehead atoms. The maximum atomic E-state index is 12.1. The summed E-state index contributed by atoms with van der Waals surface area (Å²) >= 11 is 0. The molecule has 3 heterocycles. The number of aromatic hydroxyl groups is 1. The topological polar surface area (TPSA) is 155 Å². The van der Waals surface area contributed by atoms with E-state index in [-0.39, 0.29) is 11.6 Å². The lowest BCUT2D eigenvalue weighted by molar-refractivity contribution is -0.137. The minimum Gasteiger partial charge on any atom is -0.507 e. The first-order valence-electron chi connectivity index (χ1n) is 11.0. The zero-order chi connectivity index (χ0) is 24.5. The van der Waals surface area contributed by atoms with Crippen LogP contribution in [0.5, 0.6) is 5.75 Å². The van der Waals surface area contributed by atoms with Crippen LogP contribution in [0.25, 0.3) is 22.6 Å². The van der Waals surface area contributed by atoms with Crippen LogP contribution in [0.1, 0.15) is 11.8 Å². The number of rotatable bonds is 6. The molecule has 5 N–H and O–H groups in total. The summed E-state index contributed by atoms with van der Waals surface area (Å²) < 4.78 is 7.16. The highest BCUT2D eigenvalue weighted by Crippen LogP contribution is 2.34. The quantitative estimate of drug-likeness (QED) is 0.276. The molecule has 1 aliphatic rings. The normalized spacial score (nSPS) is 21.8. The molecule has 5 rings (SSSR count). The number of phenolic OH excluding ortho intramolecular Hbond substituents is 1. The van der Waals surface area contributed by atoms with Crippen molar-refractivity contribution in [1.82, 2.24) is 24.8 Å². The van der Waals surface area contributed by atoms with Crippen molar-refractivity contribution in [2.24, 2.45) is 0 Å². The van der Waals surface area contributed by atoms with Crippen molar-refractivity contribution in [3.63, 3.8) is 0 Å². The SMILES string of the molecule is CNC(=O)[C@@H]1OC(n2cnc3c(NCc4ccccc4)nc(-c4ccccc4O)nc32)C(O)C1O. The van der Waals surface area contributed by atoms with Gasteiger partial charge in [0.05, 0.1) is 11.9 Å². The highest BCUT2D eigenvalue weighted by molar-refractivity contribution is 5.86. The van der Waals surface area contributed by atoms with E-state index in [9.17, 15) is 20.1 Å². The lowest BCUT2D eigenvalue weighted by Gasteiger charge is -2.17. The van der Waals surface area contributed by atoms with Gasteiger partial charge in [0.2, 0.25) is 0 Å². The number of hydrogen-bond acceptors (Lipinski definition) is 9. The van der Waals surface area contributed by atoms with E-state index in [2.05, 4.69) is 25.6 Å². The summed E-state index contributed by atoms with van der Waals surface area (Å²) in [6, 6.07) is 16.4. The summed E-state index contributed by atoms with van der Waals surface area (Å²) in [5, 5.41) is 37.1. The number of hydrogen-bond donors (Lipinski definition) is 5. The Hall–Kier alpha value is -4.06. The van der Waals surface area contributed by atoms with Gasteiger partial charge in [-0.05, 0) is 17.7 Å². The number of carbonyl (C=O) groups excluding carboxylic acids is 1. The molecule has 11 nitrogen and oxygen atoms in total. The van der Waals surface area contributed by atoms with Crippen molar-refractivity contribution in [2.45, 2.75) is 31.1 Å². The van der Waals surface area contributed by atoms with Gasteiger partial charge in [0.25, 0.3) is 5.91 Å². The molecule has 2 aromatic carbocycles. The lowest BCUT2D eigenvalue weighted by Crippen LogP contribution is -2.41. The fourth-order valence-corrected chi connectivity index (χ4v) is 4.04. The van der Waals surface area contributed by atoms with Gasteiger partial charge in [0.15, 0.2) is 35.1 Å². The summed E-state index contributed by atoms with van der Waals surface area (Å²) in [7, 11) is 1.42. The average molecular weight is 476 g/mol. The Morgan fingerprint density at radius 1 is 1.06 bits per heavy atom. The smallest absolute Gasteiger partial charge is 0.251 e. The van der Waals surface area contributed by atoms with Gasteiger partial charge in [-0.2, -0.15) is 0 Å². The third-order valence-electron chi connectivity index (χ3n) is 5.89. The largest absolute Gasteiger partial charge is 0.507 e. The predicted molar refractivity (Wildman–Crippen MR) is 126 cm³/mol. The Morgan fingerprint density at radius 3 is 2.54 bits per heavy atom. The van der Waals surface area contributed by atoms with E-state index in [1.54, 1.807) is 18.2 Å². The molecule has 4 aromatic rings. The third kappa shape index (κ3) is 4.16. The number of benzene rings is 2. The molecule has 3 unspecified atom stereocenters. The molecule has 1 fully saturated rings. The number of carbonyl (C=O) groups is 1. The number of para-hydroxylation sites is 1. The molecule has 0 radical (unpaired) electrons. The predicted octanol–water partition coefficient (Wildman–Crippen LogP) is 1.18. The van der Waals surface area contributed by atoms with E-state index >= 15 is 0 Å². The maximum absolute atomic E-state index is 12.1. The van der Waals surface area contributed by atoms with Crippen LogP contribution in [0.2, 0.25) is 0 Å². The second-order valence-electron chi connectivity index (χ2n) is 8.12. The number of ether oxygens (including phenoxy) is 1. The van der Waals surface area contributed by atoms with Crippen LogP contribution in [-0.4, -0.2) is 66.1 Å². The Balaban J connectivity index is 1.59. The van der Waals surface area contributed by atoms with Crippen LogP contribution in [0, 0.1) is 0 Å². The zero-order valence-electron chi connectivity index (χ0n) is 18.7. The molecule has 1 saturated heterocycles. The van der Waals surface area contributed by atoms with Gasteiger partial charge < -0.3 is 30.7 Å². The number of anilines is 1. The van der Waals surface area contributed by atoms with Gasteiger partial charge in [-0.3, -0.25) is 9.36 Å². The van der Waals surface area contributed by atoms with Crippen molar-refractivity contribution in [3.05, 3.63) is 66.5 Å². The Morgan fingerprint density at radius 2 is 1.80 bits per heavy atom. The molecule has 0 saturated carbocycles. The number of fused-ring (bicyclic) bond motifs is 1. The number of phenols is 1. The summed E-state index contributed by atoms with van der Waals surface area (Å²) in [6.45, 7) is 0.458. The van der Waals surface area contributed by atoms with Gasteiger partial charge in [0.1, 0.15) is 18.0 Å². The van der Waals surface area contributed by atoms with Crippen LogP contribution < -0.4 is 10.6 Å². The molecule has 0 aliphatic carbocycles. The van der Waals surface area contributed by atoms with Crippen LogP contribution >= 0.6 is 0 Å². The van der Waals surface area contributed by atoms with E-state index in [4.69, 9.17) is 4.74 Å². The van der Waals surface area contributed by atoms with Crippen molar-refractivity contribution >= 4 is 22.9 Å². The molecule has 4 atom stereocenters. The second kappa shape index (κ2) is 9.29. The van der Waals surface area contributed by atoms with Gasteiger partial charge in [-0.15, -0.1) is 0 Å². The fourth-order valence-electron chi connectivity index (χ4n) is 4.04. The fraction of sp³-hybridized carbons (Fsp3) is 0.250. The highest BCUT2D eigenvalue weighted by Gasteiger charge is 2.47. The van der Waals surface area contributed by atoms with Gasteiger partial charge in [-0.25, -0.2) is 15.0 Å². The number of likely N-dealkylation sites (N-methyl/N-ethyl adjacent to an activating group) is 1. The van der Waals surface area contributed by atoms with Gasteiger partial charge >= 0.3 is 0 Å². The van der Waals surface area contributed by atoms with Crippen LogP contribution in [0.15, 0.2) is 60.9 Å². The van der Waals surface area contributed by atoms with Crippen LogP contribution in [-0.2, 0) is 16.1 Å². The molecule has 35 heavy (non-hydrogen) atoms. The maximum Gasteiger partial charge on any atom is 0.251 e. The first-order valence-corrected chi connectivity index (χ1v) is 11.0. The van der Waals surface area contributed by atoms with Crippen LogP contribution in [0.3, 0.4) is 0 Å². The minimum absolute atomic E-state index is 0.000760. The molecule has 1 amide bonds. The zero-order valence-corrected chi connectivity index (χ0v) is 18.7. The number of aliphatic hydroxyl groups excluding tert-OH is 2. The number of imidazole rings is 1. The van der Waals surface area contributed by atoms with E-state index in [0.29, 0.717) is 29.1 Å². The monoisotopic (exact) mass is 476 g/mol. The molecular formula is C24H24N6O5. The second-order valence-corrected chi connectivity index (χ2v) is 8.12. The highest BCUT2D eigenvalue weighted by atomic mass is 16.6. The summed E-state index contributed by atoms with van der Waals surface area (Å²) in [6.07, 6.45) is -3.81. The van der Waals surface area contributed by atoms with Gasteiger partial charge in [-0.1, -0.05) is 42.5 Å². The number of nitrogens with zero attached hydrogens (tertiary/aromatic N) is 4. The minimum atomic E-state index is -1.44. The summed E-state index contributed by atoms with van der Waals surface area (Å²) in [4.78, 5) is 25.7. The number of aromatic nitrogens is 4. The van der Waals surface area contributed by atoms with Crippen molar-refractivity contribution in [3.8, 4) is 17.1 Å². The third-order valence-corrected chi connectivity index (χ3v) is 5.89. The van der Waals surface area contributed by atoms with E-state index in [1.807, 2.05) is 30.3 Å². The molecule has 180 valence electrons. The van der Waals surface area contributed by atoms with Crippen molar-refractivity contribution in [2.75, 3.05) is 12.4 Å². The number of nitrogens with one attached hydrogen (secondary N) is 2. The molecule has 0 spiro atoms. The molecular weight excluding hydrogens is 452 g/mol. The average Bonchev–Trinajstić information content (AvgIpc) is 3.43.